The number of rotatable bonds is 0. The van der Waals surface area contributed by atoms with Crippen LogP contribution in [0.15, 0.2) is 0 Å². The zero-order valence-corrected chi connectivity index (χ0v) is 2.86. The van der Waals surface area contributed by atoms with Crippen molar-refractivity contribution in [2.45, 2.75) is 12.8 Å². The Bertz CT molecular complexity index is 66.2. The fourth-order valence-corrected chi connectivity index (χ4v) is 0.168. The Morgan fingerprint density at radius 3 is 2.20 bits per heavy atom. The van der Waals surface area contributed by atoms with Gasteiger partial charge in [-0.05, 0) is 6.04 Å². The normalized spacial score (nSPS) is 17.8. The lowest BCUT2D eigenvalue weighted by Crippen LogP contribution is -1.39. The summed E-state index contributed by atoms with van der Waals surface area (Å²) in [5.41, 5.74) is 0. The highest BCUT2D eigenvalue weighted by atomic mass is 14.8. The third-order valence-corrected chi connectivity index (χ3v) is 0.632. The summed E-state index contributed by atoms with van der Waals surface area (Å²) in [7, 11) is 0. The molecule has 1 aliphatic rings. The Morgan fingerprint density at radius 2 is 2.20 bits per heavy atom. The standard InChI is InChI=1S/C4H4N/c1-5-4-2-3-4/h2-3H2/q-1. The molecule has 1 aliphatic carbocycles. The maximum Gasteiger partial charge on any atom is -0.0329 e. The van der Waals surface area contributed by atoms with E-state index >= 15 is 0 Å². The zero-order valence-electron chi connectivity index (χ0n) is 2.86. The molecule has 1 saturated carbocycles. The lowest BCUT2D eigenvalue weighted by atomic mass is 10.8. The van der Waals surface area contributed by atoms with Crippen LogP contribution in [0.3, 0.4) is 0 Å². The second kappa shape index (κ2) is 0.651. The van der Waals surface area contributed by atoms with Gasteiger partial charge in [-0.15, -0.1) is 12.8 Å². The Kier molecular flexibility index (Phi) is 0.337. The van der Waals surface area contributed by atoms with Gasteiger partial charge in [0.05, 0.1) is 0 Å². The van der Waals surface area contributed by atoms with Gasteiger partial charge in [-0.3, -0.25) is 6.57 Å². The third kappa shape index (κ3) is 0.327. The van der Waals surface area contributed by atoms with Gasteiger partial charge in [-0.2, -0.15) is 0 Å². The molecule has 0 N–H and O–H groups in total. The van der Waals surface area contributed by atoms with Gasteiger partial charge in [0.1, 0.15) is 0 Å². The largest absolute Gasteiger partial charge is 0.459 e. The summed E-state index contributed by atoms with van der Waals surface area (Å²) in [6.07, 6.45) is 2.15. The molecule has 0 heterocycles. The van der Waals surface area contributed by atoms with Gasteiger partial charge in [0.2, 0.25) is 0 Å². The lowest BCUT2D eigenvalue weighted by Gasteiger charge is -1.74. The second-order valence-corrected chi connectivity index (χ2v) is 1.18. The van der Waals surface area contributed by atoms with Gasteiger partial charge in [0, 0.05) is 0 Å². The summed E-state index contributed by atoms with van der Waals surface area (Å²) in [5, 5.41) is 0. The van der Waals surface area contributed by atoms with E-state index in [0.29, 0.717) is 0 Å². The van der Waals surface area contributed by atoms with Crippen molar-refractivity contribution < 1.29 is 0 Å². The fourth-order valence-electron chi connectivity index (χ4n) is 0.168. The van der Waals surface area contributed by atoms with Crippen molar-refractivity contribution >= 4 is 0 Å². The Balaban J connectivity index is 2.30. The molecule has 0 aromatic heterocycles. The zero-order chi connectivity index (χ0) is 3.70. The lowest BCUT2D eigenvalue weighted by molar-refractivity contribution is 1.50. The molecule has 0 amide bonds. The van der Waals surface area contributed by atoms with E-state index in [-0.39, 0.29) is 0 Å². The van der Waals surface area contributed by atoms with Gasteiger partial charge in [0.25, 0.3) is 0 Å². The van der Waals surface area contributed by atoms with Gasteiger partial charge in [0.15, 0.2) is 0 Å². The van der Waals surface area contributed by atoms with Crippen molar-refractivity contribution in [3.05, 3.63) is 17.5 Å². The molecule has 1 fully saturated rings. The fraction of sp³-hybridized carbons (Fsp3) is 0.500. The summed E-state index contributed by atoms with van der Waals surface area (Å²) in [6.45, 7) is 6.31. The van der Waals surface area contributed by atoms with Crippen LogP contribution in [-0.2, 0) is 0 Å². The van der Waals surface area contributed by atoms with Crippen molar-refractivity contribution in [2.75, 3.05) is 0 Å². The molecule has 0 bridgehead atoms. The number of hydrogen-bond donors (Lipinski definition) is 0. The van der Waals surface area contributed by atoms with Crippen molar-refractivity contribution in [2.24, 2.45) is 0 Å². The van der Waals surface area contributed by atoms with Crippen molar-refractivity contribution in [3.63, 3.8) is 0 Å². The van der Waals surface area contributed by atoms with Crippen LogP contribution >= 0.6 is 0 Å². The van der Waals surface area contributed by atoms with Crippen LogP contribution in [0, 0.1) is 12.6 Å². The van der Waals surface area contributed by atoms with Crippen molar-refractivity contribution in [1.29, 1.82) is 0 Å². The first-order chi connectivity index (χ1) is 2.43. The molecule has 0 aliphatic heterocycles. The Hall–Kier alpha value is -0.640. The molecule has 0 saturated heterocycles. The van der Waals surface area contributed by atoms with Crippen molar-refractivity contribution in [3.8, 4) is 0 Å². The summed E-state index contributed by atoms with van der Waals surface area (Å²) in [5.74, 6) is 0. The summed E-state index contributed by atoms with van der Waals surface area (Å²) >= 11 is 0. The molecule has 0 unspecified atom stereocenters. The molecule has 0 spiro atoms. The van der Waals surface area contributed by atoms with Crippen LogP contribution in [-0.4, -0.2) is 0 Å². The van der Waals surface area contributed by atoms with Crippen LogP contribution in [0.1, 0.15) is 12.8 Å². The first-order valence-corrected chi connectivity index (χ1v) is 1.65. The van der Waals surface area contributed by atoms with E-state index in [0.717, 1.165) is 18.9 Å². The number of hydrogen-bond acceptors (Lipinski definition) is 0. The minimum Gasteiger partial charge on any atom is -0.459 e. The highest BCUT2D eigenvalue weighted by molar-refractivity contribution is 5.12. The molecule has 0 radical (unpaired) electrons. The molecule has 26 valence electrons. The molecular weight excluding hydrogens is 62.1 g/mol. The summed E-state index contributed by atoms with van der Waals surface area (Å²) in [4.78, 5) is 3.17. The minimum absolute atomic E-state index is 1.05. The first kappa shape index (κ1) is 2.59. The van der Waals surface area contributed by atoms with Gasteiger partial charge in [-0.1, -0.05) is 0 Å². The molecule has 0 atom stereocenters. The first-order valence-electron chi connectivity index (χ1n) is 1.65. The van der Waals surface area contributed by atoms with Crippen LogP contribution in [0.5, 0.6) is 0 Å². The van der Waals surface area contributed by atoms with Crippen LogP contribution in [0.2, 0.25) is 0 Å². The van der Waals surface area contributed by atoms with Crippen molar-refractivity contribution in [1.82, 2.24) is 0 Å². The highest BCUT2D eigenvalue weighted by Gasteiger charge is 2.07. The van der Waals surface area contributed by atoms with Crippen LogP contribution < -0.4 is 0 Å². The quantitative estimate of drug-likeness (QED) is 0.374. The highest BCUT2D eigenvalue weighted by Crippen LogP contribution is 2.32. The molecule has 0 aromatic rings. The number of nitrogens with zero attached hydrogens (tertiary/aromatic N) is 1. The molecule has 1 nitrogen and oxygen atoms in total. The van der Waals surface area contributed by atoms with E-state index in [4.69, 9.17) is 6.57 Å². The Morgan fingerprint density at radius 1 is 1.60 bits per heavy atom. The summed E-state index contributed by atoms with van der Waals surface area (Å²) in [6, 6.07) is 1.05. The van der Waals surface area contributed by atoms with E-state index < -0.39 is 0 Å². The average molecular weight is 66.1 g/mol. The van der Waals surface area contributed by atoms with Crippen LogP contribution in [0.25, 0.3) is 4.85 Å². The van der Waals surface area contributed by atoms with Gasteiger partial charge < -0.3 is 4.85 Å². The maximum atomic E-state index is 6.31. The van der Waals surface area contributed by atoms with E-state index in [1.165, 1.54) is 0 Å². The monoisotopic (exact) mass is 66.0 g/mol. The molecule has 5 heavy (non-hydrogen) atoms. The average Bonchev–Trinajstić information content (AvgIpc) is 2.12. The van der Waals surface area contributed by atoms with Gasteiger partial charge in [-0.25, -0.2) is 0 Å². The predicted molar refractivity (Wildman–Crippen MR) is 19.1 cm³/mol. The molecular formula is C4H4N-. The second-order valence-electron chi connectivity index (χ2n) is 1.18. The molecule has 1 heteroatoms. The minimum atomic E-state index is 1.05. The third-order valence-electron chi connectivity index (χ3n) is 0.632. The maximum absolute atomic E-state index is 6.31. The van der Waals surface area contributed by atoms with Gasteiger partial charge >= 0.3 is 0 Å². The summed E-state index contributed by atoms with van der Waals surface area (Å²) < 4.78 is 0. The van der Waals surface area contributed by atoms with E-state index in [1.54, 1.807) is 0 Å². The predicted octanol–water partition coefficient (Wildman–Crippen LogP) is 1.23. The SMILES string of the molecule is [C-]#[N+][C-]1CC1. The smallest absolute Gasteiger partial charge is 0.0329 e. The molecule has 0 aromatic carbocycles. The molecule has 1 rings (SSSR count). The Labute approximate surface area is 31.4 Å². The van der Waals surface area contributed by atoms with Crippen LogP contribution in [0.4, 0.5) is 0 Å². The van der Waals surface area contributed by atoms with E-state index in [2.05, 4.69) is 4.85 Å². The van der Waals surface area contributed by atoms with E-state index in [9.17, 15) is 0 Å². The topological polar surface area (TPSA) is 4.36 Å². The van der Waals surface area contributed by atoms with E-state index in [1.807, 2.05) is 0 Å².